The van der Waals surface area contributed by atoms with Crippen LogP contribution in [0, 0.1) is 6.92 Å². The predicted molar refractivity (Wildman–Crippen MR) is 80.7 cm³/mol. The molecule has 0 aliphatic heterocycles. The minimum atomic E-state index is -3.47. The highest BCUT2D eigenvalue weighted by Crippen LogP contribution is 2.18. The standard InChI is InChI=1S/C15H18N2O2S/c1-12-4-3-5-15(10-12)20(18,19)17(2)11-13-6-8-14(16)9-7-13/h3-10H,11,16H2,1-2H3. The summed E-state index contributed by atoms with van der Waals surface area (Å²) in [6, 6.07) is 14.1. The van der Waals surface area contributed by atoms with Crippen LogP contribution < -0.4 is 5.73 Å². The molecule has 0 bridgehead atoms. The minimum absolute atomic E-state index is 0.315. The number of nitrogen functional groups attached to an aromatic ring is 1. The van der Waals surface area contributed by atoms with Crippen LogP contribution in [0.1, 0.15) is 11.1 Å². The monoisotopic (exact) mass is 290 g/mol. The van der Waals surface area contributed by atoms with Crippen LogP contribution in [0.5, 0.6) is 0 Å². The maximum atomic E-state index is 12.5. The first kappa shape index (κ1) is 14.6. The fraction of sp³-hybridized carbons (Fsp3) is 0.200. The second-order valence-electron chi connectivity index (χ2n) is 4.82. The average Bonchev–Trinajstić information content (AvgIpc) is 2.41. The lowest BCUT2D eigenvalue weighted by molar-refractivity contribution is 0.466. The topological polar surface area (TPSA) is 63.4 Å². The quantitative estimate of drug-likeness (QED) is 0.879. The van der Waals surface area contributed by atoms with Gasteiger partial charge in [-0.1, -0.05) is 24.3 Å². The number of hydrogen-bond donors (Lipinski definition) is 1. The highest BCUT2D eigenvalue weighted by atomic mass is 32.2. The van der Waals surface area contributed by atoms with Gasteiger partial charge in [0.05, 0.1) is 4.90 Å². The van der Waals surface area contributed by atoms with Crippen molar-refractivity contribution in [1.29, 1.82) is 0 Å². The fourth-order valence-corrected chi connectivity index (χ4v) is 3.19. The molecule has 0 amide bonds. The zero-order valence-corrected chi connectivity index (χ0v) is 12.4. The summed E-state index contributed by atoms with van der Waals surface area (Å²) in [5.74, 6) is 0. The molecule has 0 aliphatic carbocycles. The largest absolute Gasteiger partial charge is 0.399 e. The Morgan fingerprint density at radius 2 is 1.75 bits per heavy atom. The molecule has 2 aromatic carbocycles. The van der Waals surface area contributed by atoms with E-state index in [1.807, 2.05) is 25.1 Å². The summed E-state index contributed by atoms with van der Waals surface area (Å²) in [4.78, 5) is 0.315. The van der Waals surface area contributed by atoms with Crippen LogP contribution in [0.25, 0.3) is 0 Å². The van der Waals surface area contributed by atoms with Crippen molar-refractivity contribution < 1.29 is 8.42 Å². The molecular formula is C15H18N2O2S. The molecule has 0 radical (unpaired) electrons. The van der Waals surface area contributed by atoms with Crippen LogP contribution >= 0.6 is 0 Å². The van der Waals surface area contributed by atoms with E-state index in [1.54, 1.807) is 37.4 Å². The van der Waals surface area contributed by atoms with Gasteiger partial charge in [-0.2, -0.15) is 4.31 Å². The van der Waals surface area contributed by atoms with Crippen LogP contribution in [0.3, 0.4) is 0 Å². The Morgan fingerprint density at radius 1 is 1.10 bits per heavy atom. The Bertz CT molecular complexity index is 694. The van der Waals surface area contributed by atoms with E-state index in [0.29, 0.717) is 17.1 Å². The Hall–Kier alpha value is -1.85. The number of hydrogen-bond acceptors (Lipinski definition) is 3. The highest BCUT2D eigenvalue weighted by Gasteiger charge is 2.20. The van der Waals surface area contributed by atoms with Crippen molar-refractivity contribution >= 4 is 15.7 Å². The van der Waals surface area contributed by atoms with Gasteiger partial charge in [0.25, 0.3) is 0 Å². The summed E-state index contributed by atoms with van der Waals surface area (Å²) in [6.07, 6.45) is 0. The number of aryl methyl sites for hydroxylation is 1. The molecule has 0 fully saturated rings. The van der Waals surface area contributed by atoms with Gasteiger partial charge in [-0.3, -0.25) is 0 Å². The molecule has 0 heterocycles. The fourth-order valence-electron chi connectivity index (χ4n) is 1.92. The zero-order chi connectivity index (χ0) is 14.8. The van der Waals surface area contributed by atoms with Gasteiger partial charge in [0, 0.05) is 19.3 Å². The van der Waals surface area contributed by atoms with Crippen molar-refractivity contribution in [2.45, 2.75) is 18.4 Å². The SMILES string of the molecule is Cc1cccc(S(=O)(=O)N(C)Cc2ccc(N)cc2)c1. The van der Waals surface area contributed by atoms with Gasteiger partial charge in [-0.15, -0.1) is 0 Å². The smallest absolute Gasteiger partial charge is 0.243 e. The van der Waals surface area contributed by atoms with Crippen molar-refractivity contribution in [3.63, 3.8) is 0 Å². The number of nitrogens with two attached hydrogens (primary N) is 1. The highest BCUT2D eigenvalue weighted by molar-refractivity contribution is 7.89. The predicted octanol–water partition coefficient (Wildman–Crippen LogP) is 2.40. The van der Waals surface area contributed by atoms with E-state index >= 15 is 0 Å². The molecule has 0 saturated carbocycles. The summed E-state index contributed by atoms with van der Waals surface area (Å²) in [6.45, 7) is 2.19. The van der Waals surface area contributed by atoms with Crippen molar-refractivity contribution in [2.75, 3.05) is 12.8 Å². The second kappa shape index (κ2) is 5.64. The van der Waals surface area contributed by atoms with Gasteiger partial charge in [-0.25, -0.2) is 8.42 Å². The van der Waals surface area contributed by atoms with Gasteiger partial charge in [0.15, 0.2) is 0 Å². The Balaban J connectivity index is 2.23. The van der Waals surface area contributed by atoms with E-state index in [9.17, 15) is 8.42 Å². The van der Waals surface area contributed by atoms with E-state index in [0.717, 1.165) is 11.1 Å². The molecule has 0 saturated heterocycles. The van der Waals surface area contributed by atoms with Gasteiger partial charge in [-0.05, 0) is 42.3 Å². The third-order valence-corrected chi connectivity index (χ3v) is 4.88. The van der Waals surface area contributed by atoms with Gasteiger partial charge < -0.3 is 5.73 Å². The third-order valence-electron chi connectivity index (χ3n) is 3.08. The lowest BCUT2D eigenvalue weighted by atomic mass is 10.2. The van der Waals surface area contributed by atoms with Crippen molar-refractivity contribution in [3.05, 3.63) is 59.7 Å². The zero-order valence-electron chi connectivity index (χ0n) is 11.6. The number of nitrogens with zero attached hydrogens (tertiary/aromatic N) is 1. The Morgan fingerprint density at radius 3 is 2.35 bits per heavy atom. The first-order chi connectivity index (χ1) is 9.39. The van der Waals surface area contributed by atoms with Crippen LogP contribution in [-0.4, -0.2) is 19.8 Å². The minimum Gasteiger partial charge on any atom is -0.399 e. The van der Waals surface area contributed by atoms with E-state index in [4.69, 9.17) is 5.73 Å². The van der Waals surface area contributed by atoms with Crippen molar-refractivity contribution in [3.8, 4) is 0 Å². The molecule has 2 rings (SSSR count). The molecule has 106 valence electrons. The van der Waals surface area contributed by atoms with E-state index in [-0.39, 0.29) is 0 Å². The molecule has 0 unspecified atom stereocenters. The first-order valence-electron chi connectivity index (χ1n) is 6.27. The Labute approximate surface area is 119 Å². The summed E-state index contributed by atoms with van der Waals surface area (Å²) in [5, 5.41) is 0. The molecule has 0 atom stereocenters. The van der Waals surface area contributed by atoms with E-state index < -0.39 is 10.0 Å². The van der Waals surface area contributed by atoms with Gasteiger partial charge in [0.1, 0.15) is 0 Å². The van der Waals surface area contributed by atoms with E-state index in [2.05, 4.69) is 0 Å². The summed E-state index contributed by atoms with van der Waals surface area (Å²) >= 11 is 0. The summed E-state index contributed by atoms with van der Waals surface area (Å²) < 4.78 is 26.3. The Kier molecular flexibility index (Phi) is 4.11. The molecule has 0 aromatic heterocycles. The van der Waals surface area contributed by atoms with Crippen LogP contribution in [0.2, 0.25) is 0 Å². The third kappa shape index (κ3) is 3.18. The molecule has 20 heavy (non-hydrogen) atoms. The van der Waals surface area contributed by atoms with E-state index in [1.165, 1.54) is 4.31 Å². The molecule has 0 aliphatic rings. The lowest BCUT2D eigenvalue weighted by Gasteiger charge is -2.17. The van der Waals surface area contributed by atoms with Crippen molar-refractivity contribution in [2.24, 2.45) is 0 Å². The molecule has 5 heteroatoms. The maximum absolute atomic E-state index is 12.5. The number of rotatable bonds is 4. The lowest BCUT2D eigenvalue weighted by Crippen LogP contribution is -2.26. The first-order valence-corrected chi connectivity index (χ1v) is 7.71. The molecule has 4 nitrogen and oxygen atoms in total. The number of sulfonamides is 1. The molecule has 2 aromatic rings. The second-order valence-corrected chi connectivity index (χ2v) is 6.86. The van der Waals surface area contributed by atoms with Gasteiger partial charge in [0.2, 0.25) is 10.0 Å². The summed E-state index contributed by atoms with van der Waals surface area (Å²) in [5.41, 5.74) is 8.11. The maximum Gasteiger partial charge on any atom is 0.243 e. The van der Waals surface area contributed by atoms with Gasteiger partial charge >= 0.3 is 0 Å². The summed E-state index contributed by atoms with van der Waals surface area (Å²) in [7, 11) is -1.89. The van der Waals surface area contributed by atoms with Crippen LogP contribution in [-0.2, 0) is 16.6 Å². The van der Waals surface area contributed by atoms with Crippen LogP contribution in [0.15, 0.2) is 53.4 Å². The number of anilines is 1. The van der Waals surface area contributed by atoms with Crippen LogP contribution in [0.4, 0.5) is 5.69 Å². The molecular weight excluding hydrogens is 272 g/mol. The molecule has 2 N–H and O–H groups in total. The van der Waals surface area contributed by atoms with Crippen molar-refractivity contribution in [1.82, 2.24) is 4.31 Å². The normalized spacial score (nSPS) is 11.8. The molecule has 0 spiro atoms. The average molecular weight is 290 g/mol. The number of benzene rings is 2.